The van der Waals surface area contributed by atoms with Gasteiger partial charge in [0.25, 0.3) is 0 Å². The number of rotatable bonds is 1. The van der Waals surface area contributed by atoms with Gasteiger partial charge in [0.2, 0.25) is 0 Å². The number of aromatic nitrogens is 2. The van der Waals surface area contributed by atoms with Crippen molar-refractivity contribution in [1.29, 1.82) is 0 Å². The summed E-state index contributed by atoms with van der Waals surface area (Å²) in [6.07, 6.45) is -3.14. The molecule has 0 unspecified atom stereocenters. The van der Waals surface area contributed by atoms with Crippen LogP contribution in [0.4, 0.5) is 13.2 Å². The lowest BCUT2D eigenvalue weighted by molar-refractivity contribution is -0.127. The standard InChI is InChI=1S/C6H4ClF3N2/c7-5-3-11-2-4(12-5)1-6(8,9)10/h2-3H,1H2. The zero-order valence-electron chi connectivity index (χ0n) is 5.77. The van der Waals surface area contributed by atoms with E-state index in [1.807, 2.05) is 0 Å². The summed E-state index contributed by atoms with van der Waals surface area (Å²) in [4.78, 5) is 6.92. The summed E-state index contributed by atoms with van der Waals surface area (Å²) < 4.78 is 35.3. The zero-order chi connectivity index (χ0) is 9.19. The second-order valence-electron chi connectivity index (χ2n) is 2.13. The molecule has 0 amide bonds. The second kappa shape index (κ2) is 3.26. The van der Waals surface area contributed by atoms with Gasteiger partial charge in [0.15, 0.2) is 0 Å². The van der Waals surface area contributed by atoms with Crippen molar-refractivity contribution < 1.29 is 13.2 Å². The Labute approximate surface area is 71.4 Å². The van der Waals surface area contributed by atoms with Crippen LogP contribution in [-0.2, 0) is 6.42 Å². The first-order chi connectivity index (χ1) is 5.47. The normalized spacial score (nSPS) is 11.7. The second-order valence-corrected chi connectivity index (χ2v) is 2.51. The number of hydrogen-bond donors (Lipinski definition) is 0. The van der Waals surface area contributed by atoms with E-state index in [9.17, 15) is 13.2 Å². The Kier molecular flexibility index (Phi) is 2.52. The monoisotopic (exact) mass is 196 g/mol. The van der Waals surface area contributed by atoms with Crippen LogP contribution in [0.25, 0.3) is 0 Å². The average molecular weight is 197 g/mol. The minimum atomic E-state index is -4.26. The van der Waals surface area contributed by atoms with Gasteiger partial charge in [-0.15, -0.1) is 0 Å². The molecule has 0 N–H and O–H groups in total. The van der Waals surface area contributed by atoms with Crippen molar-refractivity contribution in [3.05, 3.63) is 23.2 Å². The molecule has 0 radical (unpaired) electrons. The molecule has 0 saturated carbocycles. The third-order valence-electron chi connectivity index (χ3n) is 1.04. The molecule has 0 atom stereocenters. The van der Waals surface area contributed by atoms with Gasteiger partial charge in [-0.2, -0.15) is 13.2 Å². The van der Waals surface area contributed by atoms with Crippen LogP contribution < -0.4 is 0 Å². The molecule has 12 heavy (non-hydrogen) atoms. The first kappa shape index (κ1) is 9.25. The summed E-state index contributed by atoms with van der Waals surface area (Å²) in [7, 11) is 0. The van der Waals surface area contributed by atoms with E-state index in [1.54, 1.807) is 0 Å². The maximum atomic E-state index is 11.8. The van der Waals surface area contributed by atoms with Crippen LogP contribution >= 0.6 is 11.6 Å². The molecule has 0 aliphatic carbocycles. The maximum Gasteiger partial charge on any atom is 0.394 e. The number of alkyl halides is 3. The molecule has 0 fully saturated rings. The molecule has 1 heterocycles. The van der Waals surface area contributed by atoms with E-state index in [4.69, 9.17) is 11.6 Å². The van der Waals surface area contributed by atoms with E-state index < -0.39 is 12.6 Å². The average Bonchev–Trinajstić information content (AvgIpc) is 1.82. The van der Waals surface area contributed by atoms with Gasteiger partial charge in [0, 0.05) is 6.20 Å². The zero-order valence-corrected chi connectivity index (χ0v) is 6.52. The van der Waals surface area contributed by atoms with Gasteiger partial charge in [-0.1, -0.05) is 11.6 Å². The van der Waals surface area contributed by atoms with Crippen molar-refractivity contribution in [2.75, 3.05) is 0 Å². The van der Waals surface area contributed by atoms with Crippen LogP contribution in [-0.4, -0.2) is 16.1 Å². The number of halogens is 4. The number of hydrogen-bond acceptors (Lipinski definition) is 2. The molecular formula is C6H4ClF3N2. The van der Waals surface area contributed by atoms with Crippen LogP contribution in [0, 0.1) is 0 Å². The predicted octanol–water partition coefficient (Wildman–Crippen LogP) is 2.23. The van der Waals surface area contributed by atoms with Crippen molar-refractivity contribution in [2.45, 2.75) is 12.6 Å². The molecule has 6 heteroatoms. The molecule has 2 nitrogen and oxygen atoms in total. The molecule has 0 aliphatic heterocycles. The van der Waals surface area contributed by atoms with Crippen molar-refractivity contribution in [1.82, 2.24) is 9.97 Å². The minimum absolute atomic E-state index is 0.0308. The smallest absolute Gasteiger partial charge is 0.260 e. The summed E-state index contributed by atoms with van der Waals surface area (Å²) in [5, 5.41) is -0.0308. The number of nitrogens with zero attached hydrogens (tertiary/aromatic N) is 2. The van der Waals surface area contributed by atoms with Crippen LogP contribution in [0.1, 0.15) is 5.69 Å². The first-order valence-electron chi connectivity index (χ1n) is 3.00. The van der Waals surface area contributed by atoms with Crippen LogP contribution in [0.15, 0.2) is 12.4 Å². The Morgan fingerprint density at radius 1 is 1.33 bits per heavy atom. The quantitative estimate of drug-likeness (QED) is 0.689. The third-order valence-corrected chi connectivity index (χ3v) is 1.22. The molecule has 0 aromatic carbocycles. The summed E-state index contributed by atoms with van der Waals surface area (Å²) in [6, 6.07) is 0. The molecular weight excluding hydrogens is 193 g/mol. The highest BCUT2D eigenvalue weighted by Gasteiger charge is 2.28. The lowest BCUT2D eigenvalue weighted by Gasteiger charge is -2.04. The topological polar surface area (TPSA) is 25.8 Å². The lowest BCUT2D eigenvalue weighted by Crippen LogP contribution is -2.12. The van der Waals surface area contributed by atoms with Crippen molar-refractivity contribution in [2.24, 2.45) is 0 Å². The highest BCUT2D eigenvalue weighted by molar-refractivity contribution is 6.29. The fraction of sp³-hybridized carbons (Fsp3) is 0.333. The molecule has 0 bridgehead atoms. The van der Waals surface area contributed by atoms with Crippen LogP contribution in [0.5, 0.6) is 0 Å². The van der Waals surface area contributed by atoms with Crippen molar-refractivity contribution in [3.63, 3.8) is 0 Å². The Morgan fingerprint density at radius 3 is 2.50 bits per heavy atom. The van der Waals surface area contributed by atoms with Gasteiger partial charge in [-0.25, -0.2) is 4.98 Å². The van der Waals surface area contributed by atoms with Gasteiger partial charge in [-0.05, 0) is 0 Å². The summed E-state index contributed by atoms with van der Waals surface area (Å²) in [5.74, 6) is 0. The highest BCUT2D eigenvalue weighted by atomic mass is 35.5. The highest BCUT2D eigenvalue weighted by Crippen LogP contribution is 2.20. The fourth-order valence-corrected chi connectivity index (χ4v) is 0.835. The van der Waals surface area contributed by atoms with E-state index in [0.717, 1.165) is 6.20 Å². The summed E-state index contributed by atoms with van der Waals surface area (Å²) >= 11 is 5.33. The van der Waals surface area contributed by atoms with Crippen LogP contribution in [0.2, 0.25) is 5.15 Å². The van der Waals surface area contributed by atoms with E-state index >= 15 is 0 Å². The van der Waals surface area contributed by atoms with Gasteiger partial charge in [-0.3, -0.25) is 4.98 Å². The fourth-order valence-electron chi connectivity index (χ4n) is 0.670. The Hall–Kier alpha value is -0.840. The third kappa shape index (κ3) is 3.04. The van der Waals surface area contributed by atoms with E-state index in [0.29, 0.717) is 0 Å². The largest absolute Gasteiger partial charge is 0.394 e. The van der Waals surface area contributed by atoms with E-state index in [2.05, 4.69) is 9.97 Å². The SMILES string of the molecule is FC(F)(F)Cc1cncc(Cl)n1. The minimum Gasteiger partial charge on any atom is -0.260 e. The van der Waals surface area contributed by atoms with Gasteiger partial charge in [0.1, 0.15) is 5.15 Å². The van der Waals surface area contributed by atoms with Gasteiger partial charge < -0.3 is 0 Å². The summed E-state index contributed by atoms with van der Waals surface area (Å²) in [6.45, 7) is 0. The molecule has 1 aromatic heterocycles. The molecule has 0 aliphatic rings. The molecule has 0 saturated heterocycles. The maximum absolute atomic E-state index is 11.8. The molecule has 1 rings (SSSR count). The molecule has 66 valence electrons. The van der Waals surface area contributed by atoms with Crippen LogP contribution in [0.3, 0.4) is 0 Å². The van der Waals surface area contributed by atoms with E-state index in [-0.39, 0.29) is 10.8 Å². The van der Waals surface area contributed by atoms with Crippen molar-refractivity contribution >= 4 is 11.6 Å². The van der Waals surface area contributed by atoms with E-state index in [1.165, 1.54) is 6.20 Å². The Balaban J connectivity index is 2.77. The first-order valence-corrected chi connectivity index (χ1v) is 3.38. The molecule has 0 spiro atoms. The predicted molar refractivity (Wildman–Crippen MR) is 36.8 cm³/mol. The Morgan fingerprint density at radius 2 is 2.00 bits per heavy atom. The Bertz CT molecular complexity index is 274. The molecule has 1 aromatic rings. The van der Waals surface area contributed by atoms with Crippen molar-refractivity contribution in [3.8, 4) is 0 Å². The van der Waals surface area contributed by atoms with Gasteiger partial charge >= 0.3 is 6.18 Å². The lowest BCUT2D eigenvalue weighted by atomic mass is 10.3. The summed E-state index contributed by atoms with van der Waals surface area (Å²) in [5.41, 5.74) is -0.171. The van der Waals surface area contributed by atoms with Gasteiger partial charge in [0.05, 0.1) is 18.3 Å².